The molecule has 33 heavy (non-hydrogen) atoms. The van der Waals surface area contributed by atoms with Gasteiger partial charge in [0.1, 0.15) is 11.5 Å². The number of hydrogen-bond acceptors (Lipinski definition) is 7. The Morgan fingerprint density at radius 2 is 1.82 bits per heavy atom. The summed E-state index contributed by atoms with van der Waals surface area (Å²) in [4.78, 5) is 23.4. The van der Waals surface area contributed by atoms with Gasteiger partial charge in [-0.2, -0.15) is 0 Å². The number of hydrogen-bond donors (Lipinski definition) is 2. The summed E-state index contributed by atoms with van der Waals surface area (Å²) < 4.78 is 5.88. The van der Waals surface area contributed by atoms with Crippen LogP contribution in [0.1, 0.15) is 67.6 Å². The van der Waals surface area contributed by atoms with Crippen molar-refractivity contribution in [1.82, 2.24) is 0 Å². The smallest absolute Gasteiger partial charge is 0.550 e. The van der Waals surface area contributed by atoms with E-state index in [0.717, 1.165) is 23.5 Å². The van der Waals surface area contributed by atoms with E-state index in [1.54, 1.807) is 30.8 Å². The number of carbonyl (C=O) groups excluding carboxylic acids is 2. The summed E-state index contributed by atoms with van der Waals surface area (Å²) in [6.07, 6.45) is 1.23. The third-order valence-electron chi connectivity index (χ3n) is 5.18. The number of carboxylic acid groups (broad SMARTS) is 1. The standard InChI is InChI=1S/C25H32O6S.Na/c1-4-6-21-22(12-11-20(17(3)26)25(21)30)31-13-5-14-32-19-9-7-18(8-10-19)24(29)16(2)15-23(27)28;/h7-12,16,24,29-30H,4-6,13-15H2,1-3H3,(H,27,28);/q;+1/p-1. The van der Waals surface area contributed by atoms with Crippen LogP contribution < -0.4 is 39.4 Å². The van der Waals surface area contributed by atoms with E-state index in [4.69, 9.17) is 4.74 Å². The summed E-state index contributed by atoms with van der Waals surface area (Å²) in [6.45, 7) is 5.61. The van der Waals surface area contributed by atoms with E-state index in [1.807, 2.05) is 31.2 Å². The van der Waals surface area contributed by atoms with Crippen LogP contribution >= 0.6 is 11.8 Å². The molecule has 0 aliphatic rings. The fourth-order valence-corrected chi connectivity index (χ4v) is 4.25. The first kappa shape index (κ1) is 29.5. The topological polar surface area (TPSA) is 107 Å². The van der Waals surface area contributed by atoms with Gasteiger partial charge in [-0.1, -0.05) is 32.4 Å². The van der Waals surface area contributed by atoms with Crippen molar-refractivity contribution in [3.8, 4) is 11.5 Å². The number of rotatable bonds is 13. The van der Waals surface area contributed by atoms with Crippen LogP contribution in [0.15, 0.2) is 41.3 Å². The number of phenols is 1. The maximum atomic E-state index is 11.7. The Morgan fingerprint density at radius 3 is 2.39 bits per heavy atom. The first-order valence-corrected chi connectivity index (χ1v) is 11.8. The molecule has 6 nitrogen and oxygen atoms in total. The normalized spacial score (nSPS) is 12.5. The Morgan fingerprint density at radius 1 is 1.15 bits per heavy atom. The van der Waals surface area contributed by atoms with Crippen LogP contribution in [0, 0.1) is 5.92 Å². The molecule has 0 radical (unpaired) electrons. The fourth-order valence-electron chi connectivity index (χ4n) is 3.42. The Hall–Kier alpha value is -1.51. The van der Waals surface area contributed by atoms with Crippen LogP contribution in [0.5, 0.6) is 11.5 Å². The van der Waals surface area contributed by atoms with Gasteiger partial charge >= 0.3 is 29.6 Å². The number of phenolic OH excluding ortho intramolecular Hbond substituents is 1. The van der Waals surface area contributed by atoms with Crippen molar-refractivity contribution in [3.05, 3.63) is 53.1 Å². The van der Waals surface area contributed by atoms with Gasteiger partial charge in [0, 0.05) is 22.2 Å². The van der Waals surface area contributed by atoms with Gasteiger partial charge in [-0.15, -0.1) is 11.8 Å². The van der Waals surface area contributed by atoms with Crippen LogP contribution in [0.3, 0.4) is 0 Å². The number of aliphatic hydroxyl groups excluding tert-OH is 1. The van der Waals surface area contributed by atoms with Gasteiger partial charge < -0.3 is 24.9 Å². The van der Waals surface area contributed by atoms with E-state index in [0.29, 0.717) is 35.5 Å². The predicted octanol–water partition coefficient (Wildman–Crippen LogP) is 0.922. The van der Waals surface area contributed by atoms with Crippen molar-refractivity contribution in [1.29, 1.82) is 0 Å². The zero-order valence-corrected chi connectivity index (χ0v) is 22.6. The third-order valence-corrected chi connectivity index (χ3v) is 6.28. The second-order valence-electron chi connectivity index (χ2n) is 7.86. The van der Waals surface area contributed by atoms with E-state index in [-0.39, 0.29) is 47.5 Å². The van der Waals surface area contributed by atoms with Crippen molar-refractivity contribution in [2.24, 2.45) is 5.92 Å². The van der Waals surface area contributed by atoms with Crippen molar-refractivity contribution in [3.63, 3.8) is 0 Å². The van der Waals surface area contributed by atoms with Crippen molar-refractivity contribution < 1.29 is 59.2 Å². The SMILES string of the molecule is CCCc1c(OCCCSc2ccc(C(O)C(C)CC(=O)[O-])cc2)ccc(C(C)=O)c1O.[Na+]. The minimum atomic E-state index is -1.17. The molecule has 2 atom stereocenters. The minimum Gasteiger partial charge on any atom is -0.550 e. The van der Waals surface area contributed by atoms with Gasteiger partial charge in [0.05, 0.1) is 18.3 Å². The molecule has 2 aromatic rings. The minimum absolute atomic E-state index is 0. The first-order chi connectivity index (χ1) is 15.2. The van der Waals surface area contributed by atoms with E-state index in [1.165, 1.54) is 6.92 Å². The first-order valence-electron chi connectivity index (χ1n) is 10.8. The zero-order chi connectivity index (χ0) is 23.7. The molecule has 0 heterocycles. The van der Waals surface area contributed by atoms with Gasteiger partial charge in [-0.25, -0.2) is 0 Å². The molecule has 0 bridgehead atoms. The molecule has 0 saturated carbocycles. The van der Waals surface area contributed by atoms with E-state index in [9.17, 15) is 24.9 Å². The summed E-state index contributed by atoms with van der Waals surface area (Å²) in [5.41, 5.74) is 1.68. The molecular formula is C25H31NaO6S. The molecule has 2 unspecified atom stereocenters. The molecule has 0 spiro atoms. The Bertz CT molecular complexity index is 916. The van der Waals surface area contributed by atoms with Crippen LogP contribution in [-0.4, -0.2) is 34.3 Å². The summed E-state index contributed by atoms with van der Waals surface area (Å²) in [5.74, 6) is -0.306. The predicted molar refractivity (Wildman–Crippen MR) is 123 cm³/mol. The van der Waals surface area contributed by atoms with Crippen molar-refractivity contribution in [2.75, 3.05) is 12.4 Å². The van der Waals surface area contributed by atoms with Gasteiger partial charge in [0.25, 0.3) is 0 Å². The fraction of sp³-hybridized carbons (Fsp3) is 0.440. The van der Waals surface area contributed by atoms with Crippen LogP contribution in [0.4, 0.5) is 0 Å². The number of carbonyl (C=O) groups is 2. The number of aliphatic carboxylic acids is 1. The Labute approximate surface area is 222 Å². The van der Waals surface area contributed by atoms with Crippen LogP contribution in [-0.2, 0) is 11.2 Å². The number of aromatic hydroxyl groups is 1. The molecule has 2 aromatic carbocycles. The Kier molecular flexibility index (Phi) is 13.1. The molecule has 8 heteroatoms. The summed E-state index contributed by atoms with van der Waals surface area (Å²) in [6, 6.07) is 10.8. The number of aliphatic hydroxyl groups is 1. The number of benzene rings is 2. The maximum absolute atomic E-state index is 11.7. The second-order valence-corrected chi connectivity index (χ2v) is 9.03. The third kappa shape index (κ3) is 8.98. The monoisotopic (exact) mass is 482 g/mol. The van der Waals surface area contributed by atoms with Gasteiger partial charge in [-0.05, 0) is 61.9 Å². The average Bonchev–Trinajstić information content (AvgIpc) is 2.75. The number of carboxylic acids is 1. The van der Waals surface area contributed by atoms with Crippen LogP contribution in [0.25, 0.3) is 0 Å². The number of ether oxygens (including phenoxy) is 1. The molecular weight excluding hydrogens is 451 g/mol. The van der Waals surface area contributed by atoms with Crippen molar-refractivity contribution >= 4 is 23.5 Å². The Balaban J connectivity index is 0.00000544. The quantitative estimate of drug-likeness (QED) is 0.189. The molecule has 2 rings (SSSR count). The zero-order valence-electron chi connectivity index (χ0n) is 19.8. The van der Waals surface area contributed by atoms with E-state index < -0.39 is 18.0 Å². The summed E-state index contributed by atoms with van der Waals surface area (Å²) >= 11 is 1.66. The maximum Gasteiger partial charge on any atom is 1.00 e. The number of ketones is 1. The second kappa shape index (κ2) is 14.7. The molecule has 0 aliphatic carbocycles. The average molecular weight is 483 g/mol. The molecule has 0 aliphatic heterocycles. The van der Waals surface area contributed by atoms with Crippen LogP contribution in [0.2, 0.25) is 0 Å². The molecule has 0 amide bonds. The van der Waals surface area contributed by atoms with Gasteiger partial charge in [0.2, 0.25) is 0 Å². The molecule has 174 valence electrons. The molecule has 2 N–H and O–H groups in total. The van der Waals surface area contributed by atoms with Crippen molar-refractivity contribution in [2.45, 2.75) is 57.5 Å². The summed E-state index contributed by atoms with van der Waals surface area (Å²) in [5, 5.41) is 31.4. The molecule has 0 aromatic heterocycles. The van der Waals surface area contributed by atoms with E-state index >= 15 is 0 Å². The molecule has 0 fully saturated rings. The summed E-state index contributed by atoms with van der Waals surface area (Å²) in [7, 11) is 0. The van der Waals surface area contributed by atoms with Gasteiger partial charge in [0.15, 0.2) is 5.78 Å². The van der Waals surface area contributed by atoms with Gasteiger partial charge in [-0.3, -0.25) is 4.79 Å². The number of thioether (sulfide) groups is 1. The largest absolute Gasteiger partial charge is 1.00 e. The molecule has 0 saturated heterocycles. The van der Waals surface area contributed by atoms with E-state index in [2.05, 4.69) is 0 Å². The number of Topliss-reactive ketones (excluding diaryl/α,β-unsaturated/α-hetero) is 1.